The zero-order chi connectivity index (χ0) is 10.7. The number of hydrogen-bond acceptors (Lipinski definition) is 4. The van der Waals surface area contributed by atoms with Gasteiger partial charge in [-0.2, -0.15) is 0 Å². The average Bonchev–Trinajstić information content (AvgIpc) is 2.63. The molecule has 0 spiro atoms. The molecule has 4 heteroatoms. The SMILES string of the molecule is CCCOCc1nc2c(s1)CCCC2N. The van der Waals surface area contributed by atoms with Crippen LogP contribution in [0.3, 0.4) is 0 Å². The minimum Gasteiger partial charge on any atom is -0.374 e. The Morgan fingerprint density at radius 1 is 1.60 bits per heavy atom. The second-order valence-corrected chi connectivity index (χ2v) is 5.14. The van der Waals surface area contributed by atoms with Crippen LogP contribution < -0.4 is 5.73 Å². The van der Waals surface area contributed by atoms with Gasteiger partial charge in [-0.05, 0) is 25.7 Å². The maximum atomic E-state index is 6.02. The molecule has 1 unspecified atom stereocenters. The third-order valence-corrected chi connectivity index (χ3v) is 3.72. The molecule has 0 amide bonds. The van der Waals surface area contributed by atoms with Gasteiger partial charge in [0.05, 0.1) is 12.3 Å². The van der Waals surface area contributed by atoms with Crippen molar-refractivity contribution in [3.8, 4) is 0 Å². The molecule has 1 aliphatic rings. The van der Waals surface area contributed by atoms with Gasteiger partial charge in [-0.3, -0.25) is 0 Å². The summed E-state index contributed by atoms with van der Waals surface area (Å²) >= 11 is 1.77. The van der Waals surface area contributed by atoms with Gasteiger partial charge >= 0.3 is 0 Å². The Morgan fingerprint density at radius 2 is 2.47 bits per heavy atom. The molecule has 1 aliphatic carbocycles. The Morgan fingerprint density at radius 3 is 3.20 bits per heavy atom. The normalized spacial score (nSPS) is 20.3. The van der Waals surface area contributed by atoms with Crippen LogP contribution in [0.2, 0.25) is 0 Å². The van der Waals surface area contributed by atoms with E-state index >= 15 is 0 Å². The number of aromatic nitrogens is 1. The summed E-state index contributed by atoms with van der Waals surface area (Å²) in [6.45, 7) is 3.58. The maximum absolute atomic E-state index is 6.02. The number of fused-ring (bicyclic) bond motifs is 1. The lowest BCUT2D eigenvalue weighted by Gasteiger charge is -2.15. The monoisotopic (exact) mass is 226 g/mol. The van der Waals surface area contributed by atoms with Crippen LogP contribution in [0.5, 0.6) is 0 Å². The molecule has 1 aromatic heterocycles. The van der Waals surface area contributed by atoms with Crippen LogP contribution in [0, 0.1) is 0 Å². The number of rotatable bonds is 4. The van der Waals surface area contributed by atoms with Gasteiger partial charge in [0.1, 0.15) is 5.01 Å². The predicted molar refractivity (Wildman–Crippen MR) is 61.9 cm³/mol. The van der Waals surface area contributed by atoms with Crippen LogP contribution in [0.1, 0.15) is 47.8 Å². The van der Waals surface area contributed by atoms with Crippen LogP contribution in [0.4, 0.5) is 0 Å². The zero-order valence-corrected chi connectivity index (χ0v) is 9.98. The van der Waals surface area contributed by atoms with Gasteiger partial charge in [-0.25, -0.2) is 4.98 Å². The van der Waals surface area contributed by atoms with E-state index in [0.717, 1.165) is 36.6 Å². The molecule has 0 radical (unpaired) electrons. The quantitative estimate of drug-likeness (QED) is 0.802. The van der Waals surface area contributed by atoms with Crippen molar-refractivity contribution in [1.29, 1.82) is 0 Å². The van der Waals surface area contributed by atoms with E-state index in [1.807, 2.05) is 0 Å². The highest BCUT2D eigenvalue weighted by molar-refractivity contribution is 7.11. The molecular weight excluding hydrogens is 208 g/mol. The summed E-state index contributed by atoms with van der Waals surface area (Å²) in [6.07, 6.45) is 4.48. The minimum absolute atomic E-state index is 0.157. The first-order valence-electron chi connectivity index (χ1n) is 5.63. The lowest BCUT2D eigenvalue weighted by atomic mass is 9.99. The van der Waals surface area contributed by atoms with Crippen molar-refractivity contribution in [3.63, 3.8) is 0 Å². The first kappa shape index (κ1) is 11.0. The summed E-state index contributed by atoms with van der Waals surface area (Å²) in [5, 5.41) is 1.09. The zero-order valence-electron chi connectivity index (χ0n) is 9.16. The van der Waals surface area contributed by atoms with E-state index in [1.165, 1.54) is 11.3 Å². The van der Waals surface area contributed by atoms with E-state index in [-0.39, 0.29) is 6.04 Å². The maximum Gasteiger partial charge on any atom is 0.119 e. The minimum atomic E-state index is 0.157. The molecule has 0 saturated carbocycles. The van der Waals surface area contributed by atoms with Crippen molar-refractivity contribution in [3.05, 3.63) is 15.6 Å². The van der Waals surface area contributed by atoms with Crippen LogP contribution in [0.15, 0.2) is 0 Å². The largest absolute Gasteiger partial charge is 0.374 e. The summed E-state index contributed by atoms with van der Waals surface area (Å²) in [6, 6.07) is 0.157. The van der Waals surface area contributed by atoms with Crippen LogP contribution >= 0.6 is 11.3 Å². The highest BCUT2D eigenvalue weighted by Gasteiger charge is 2.21. The molecule has 1 aromatic rings. The van der Waals surface area contributed by atoms with Crippen molar-refractivity contribution >= 4 is 11.3 Å². The van der Waals surface area contributed by atoms with E-state index in [1.54, 1.807) is 11.3 Å². The molecular formula is C11H18N2OS. The van der Waals surface area contributed by atoms with Crippen molar-refractivity contribution in [1.82, 2.24) is 4.98 Å². The molecule has 0 saturated heterocycles. The first-order valence-corrected chi connectivity index (χ1v) is 6.44. The van der Waals surface area contributed by atoms with Crippen molar-refractivity contribution in [2.45, 2.75) is 45.3 Å². The molecule has 0 bridgehead atoms. The van der Waals surface area contributed by atoms with Crippen molar-refractivity contribution < 1.29 is 4.74 Å². The van der Waals surface area contributed by atoms with E-state index < -0.39 is 0 Å². The first-order chi connectivity index (χ1) is 7.31. The van der Waals surface area contributed by atoms with E-state index in [9.17, 15) is 0 Å². The molecule has 0 aromatic carbocycles. The number of thiazole rings is 1. The van der Waals surface area contributed by atoms with Gasteiger partial charge in [0.25, 0.3) is 0 Å². The molecule has 3 nitrogen and oxygen atoms in total. The summed E-state index contributed by atoms with van der Waals surface area (Å²) in [4.78, 5) is 5.95. The van der Waals surface area contributed by atoms with Crippen LogP contribution in [-0.4, -0.2) is 11.6 Å². The van der Waals surface area contributed by atoms with E-state index in [2.05, 4.69) is 11.9 Å². The van der Waals surface area contributed by atoms with Gasteiger partial charge in [-0.1, -0.05) is 6.92 Å². The second kappa shape index (κ2) is 5.05. The fourth-order valence-electron chi connectivity index (χ4n) is 1.87. The van der Waals surface area contributed by atoms with Gasteiger partial charge in [0.15, 0.2) is 0 Å². The fourth-order valence-corrected chi connectivity index (χ4v) is 2.99. The summed E-state index contributed by atoms with van der Waals surface area (Å²) < 4.78 is 5.49. The third kappa shape index (κ3) is 2.56. The molecule has 1 heterocycles. The van der Waals surface area contributed by atoms with E-state index in [0.29, 0.717) is 6.61 Å². The smallest absolute Gasteiger partial charge is 0.119 e. The number of hydrogen-bond donors (Lipinski definition) is 1. The molecule has 0 fully saturated rings. The lowest BCUT2D eigenvalue weighted by Crippen LogP contribution is -2.16. The fraction of sp³-hybridized carbons (Fsp3) is 0.727. The number of ether oxygens (including phenoxy) is 1. The second-order valence-electron chi connectivity index (χ2n) is 3.97. The third-order valence-electron chi connectivity index (χ3n) is 2.62. The topological polar surface area (TPSA) is 48.1 Å². The number of aryl methyl sites for hydroxylation is 1. The molecule has 1 atom stereocenters. The Hall–Kier alpha value is -0.450. The molecule has 15 heavy (non-hydrogen) atoms. The summed E-state index contributed by atoms with van der Waals surface area (Å²) in [5.74, 6) is 0. The van der Waals surface area contributed by atoms with Gasteiger partial charge in [0.2, 0.25) is 0 Å². The number of nitrogens with zero attached hydrogens (tertiary/aromatic N) is 1. The van der Waals surface area contributed by atoms with Crippen LogP contribution in [0.25, 0.3) is 0 Å². The Kier molecular flexibility index (Phi) is 3.72. The van der Waals surface area contributed by atoms with Gasteiger partial charge in [0, 0.05) is 17.5 Å². The van der Waals surface area contributed by atoms with Crippen LogP contribution in [-0.2, 0) is 17.8 Å². The Labute approximate surface area is 94.7 Å². The van der Waals surface area contributed by atoms with E-state index in [4.69, 9.17) is 10.5 Å². The lowest BCUT2D eigenvalue weighted by molar-refractivity contribution is 0.121. The molecule has 2 rings (SSSR count). The predicted octanol–water partition coefficient (Wildman–Crippen LogP) is 2.41. The van der Waals surface area contributed by atoms with Gasteiger partial charge in [-0.15, -0.1) is 11.3 Å². The summed E-state index contributed by atoms with van der Waals surface area (Å²) in [7, 11) is 0. The molecule has 0 aliphatic heterocycles. The standard InChI is InChI=1S/C11H18N2OS/c1-2-6-14-7-10-13-11-8(12)4-3-5-9(11)15-10/h8H,2-7,12H2,1H3. The van der Waals surface area contributed by atoms with Gasteiger partial charge < -0.3 is 10.5 Å². The Balaban J connectivity index is 2.01. The van der Waals surface area contributed by atoms with Crippen molar-refractivity contribution in [2.75, 3.05) is 6.61 Å². The Bertz CT molecular complexity index is 324. The number of nitrogens with two attached hydrogens (primary N) is 1. The summed E-state index contributed by atoms with van der Waals surface area (Å²) in [5.41, 5.74) is 7.14. The highest BCUT2D eigenvalue weighted by Crippen LogP contribution is 2.31. The average molecular weight is 226 g/mol. The molecule has 2 N–H and O–H groups in total. The highest BCUT2D eigenvalue weighted by atomic mass is 32.1. The van der Waals surface area contributed by atoms with Crippen molar-refractivity contribution in [2.24, 2.45) is 5.73 Å². The molecule has 84 valence electrons.